The maximum atomic E-state index is 5.55. The topological polar surface area (TPSA) is 82.3 Å². The second-order valence-electron chi connectivity index (χ2n) is 13.5. The summed E-state index contributed by atoms with van der Waals surface area (Å²) in [5.41, 5.74) is 16.2. The van der Waals surface area contributed by atoms with Crippen molar-refractivity contribution in [2.75, 3.05) is 5.32 Å². The van der Waals surface area contributed by atoms with Gasteiger partial charge in [-0.05, 0) is 76.9 Å². The zero-order valence-corrected chi connectivity index (χ0v) is 29.7. The van der Waals surface area contributed by atoms with E-state index in [4.69, 9.17) is 9.97 Å². The van der Waals surface area contributed by atoms with Crippen molar-refractivity contribution in [2.24, 2.45) is 0 Å². The minimum Gasteiger partial charge on any atom is -0.354 e. The van der Waals surface area contributed by atoms with E-state index < -0.39 is 0 Å². The first kappa shape index (κ1) is 32.1. The lowest BCUT2D eigenvalue weighted by Crippen LogP contribution is -2.00. The fourth-order valence-corrected chi connectivity index (χ4v) is 7.58. The van der Waals surface area contributed by atoms with Gasteiger partial charge < -0.3 is 15.3 Å². The van der Waals surface area contributed by atoms with Crippen LogP contribution in [0.5, 0.6) is 0 Å². The minimum atomic E-state index is 0.733. The Bertz CT molecular complexity index is 2910. The third kappa shape index (κ3) is 6.02. The molecule has 3 N–H and O–H groups in total. The van der Waals surface area contributed by atoms with E-state index in [0.29, 0.717) is 0 Å². The van der Waals surface area contributed by atoms with Gasteiger partial charge in [-0.25, -0.2) is 15.0 Å². The molecule has 2 aliphatic heterocycles. The first-order chi connectivity index (χ1) is 27.3. The molecule has 0 atom stereocenters. The van der Waals surface area contributed by atoms with Gasteiger partial charge in [-0.2, -0.15) is 0 Å². The third-order valence-corrected chi connectivity index (χ3v) is 10.0. The average molecular weight is 707 g/mol. The molecule has 0 unspecified atom stereocenters. The molecule has 0 amide bonds. The zero-order valence-electron chi connectivity index (χ0n) is 29.7. The van der Waals surface area contributed by atoms with Crippen molar-refractivity contribution in [1.29, 1.82) is 0 Å². The van der Waals surface area contributed by atoms with Crippen molar-refractivity contribution in [1.82, 2.24) is 24.9 Å². The largest absolute Gasteiger partial charge is 0.354 e. The molecule has 8 bridgehead atoms. The van der Waals surface area contributed by atoms with E-state index >= 15 is 0 Å². The van der Waals surface area contributed by atoms with Crippen LogP contribution in [-0.4, -0.2) is 24.9 Å². The number of benzene rings is 4. The highest BCUT2D eigenvalue weighted by Crippen LogP contribution is 2.40. The highest BCUT2D eigenvalue weighted by Gasteiger charge is 2.23. The van der Waals surface area contributed by atoms with Gasteiger partial charge in [0.15, 0.2) is 0 Å². The Balaban J connectivity index is 1.41. The lowest BCUT2D eigenvalue weighted by atomic mass is 10.0. The monoisotopic (exact) mass is 706 g/mol. The van der Waals surface area contributed by atoms with Crippen LogP contribution < -0.4 is 5.32 Å². The van der Waals surface area contributed by atoms with Crippen LogP contribution in [0.1, 0.15) is 22.8 Å². The predicted molar refractivity (Wildman–Crippen MR) is 227 cm³/mol. The molecule has 0 aliphatic carbocycles. The second-order valence-corrected chi connectivity index (χ2v) is 13.5. The maximum absolute atomic E-state index is 5.55. The summed E-state index contributed by atoms with van der Waals surface area (Å²) in [6, 6.07) is 56.4. The number of pyridine rings is 1. The third-order valence-electron chi connectivity index (χ3n) is 10.0. The number of hydrogen-bond acceptors (Lipinski definition) is 4. The Kier molecular flexibility index (Phi) is 8.04. The predicted octanol–water partition coefficient (Wildman–Crippen LogP) is 12.2. The van der Waals surface area contributed by atoms with Crippen LogP contribution in [0.4, 0.5) is 5.82 Å². The van der Waals surface area contributed by atoms with E-state index in [0.717, 1.165) is 101 Å². The summed E-state index contributed by atoms with van der Waals surface area (Å²) in [6.45, 7) is 0. The van der Waals surface area contributed by atoms with Crippen molar-refractivity contribution in [3.05, 3.63) is 193 Å². The van der Waals surface area contributed by atoms with Gasteiger partial charge in [0.1, 0.15) is 5.82 Å². The molecule has 0 spiro atoms. The molecule has 260 valence electrons. The summed E-state index contributed by atoms with van der Waals surface area (Å²) >= 11 is 0. The average Bonchev–Trinajstić information content (AvgIpc) is 4.08. The fraction of sp³-hybridized carbons (Fsp3) is 0. The Hall–Kier alpha value is -7.57. The normalized spacial score (nSPS) is 12.0. The van der Waals surface area contributed by atoms with Crippen LogP contribution in [0, 0.1) is 0 Å². The van der Waals surface area contributed by atoms with Crippen molar-refractivity contribution < 1.29 is 0 Å². The van der Waals surface area contributed by atoms with E-state index in [1.54, 1.807) is 6.20 Å². The molecule has 8 aromatic rings. The number of anilines is 1. The summed E-state index contributed by atoms with van der Waals surface area (Å²) in [6.07, 6.45) is 8.21. The molecule has 0 fully saturated rings. The molecule has 4 aromatic heterocycles. The smallest absolute Gasteiger partial charge is 0.130 e. The van der Waals surface area contributed by atoms with Crippen LogP contribution in [0.3, 0.4) is 0 Å². The van der Waals surface area contributed by atoms with Gasteiger partial charge in [0, 0.05) is 50.5 Å². The number of hydrogen-bond donors (Lipinski definition) is 3. The standard InChI is InChI=1S/C49H34N6/c1-5-15-32(16-6-1)45-36-24-25-37(51-36)46(33-17-7-2-8-18-33)39-28-29-41(53-39)48(35-21-11-4-12-22-35)49-43(54-44-23-13-14-30-50-44)31-42(55-49)47(34-19-9-3-10-20-34)40-27-26-38(45)52-40/h1-31,52-53H,(H,50,54). The Labute approximate surface area is 318 Å². The Morgan fingerprint density at radius 2 is 0.800 bits per heavy atom. The summed E-state index contributed by atoms with van der Waals surface area (Å²) in [5.74, 6) is 0.733. The number of aromatic amines is 2. The molecule has 55 heavy (non-hydrogen) atoms. The SMILES string of the molecule is C1=Cc2nc1c(-c1ccccc1)c1ccc([nH]1)c(-c1ccccc1)c1nc(c(-c3ccccc3)c3ccc([nH]3)c2-c2ccccc2)C(Nc2ccccn2)=C1. The van der Waals surface area contributed by atoms with Crippen LogP contribution in [0.2, 0.25) is 0 Å². The van der Waals surface area contributed by atoms with E-state index in [2.05, 4.69) is 160 Å². The second kappa shape index (κ2) is 13.8. The minimum absolute atomic E-state index is 0.733. The number of H-pyrrole nitrogens is 2. The zero-order chi connectivity index (χ0) is 36.6. The Morgan fingerprint density at radius 1 is 0.382 bits per heavy atom. The van der Waals surface area contributed by atoms with Gasteiger partial charge in [-0.15, -0.1) is 0 Å². The van der Waals surface area contributed by atoms with Crippen LogP contribution in [0.25, 0.3) is 90.5 Å². The van der Waals surface area contributed by atoms with Gasteiger partial charge in [-0.1, -0.05) is 127 Å². The van der Waals surface area contributed by atoms with E-state index in [9.17, 15) is 0 Å². The fourth-order valence-electron chi connectivity index (χ4n) is 7.58. The molecular formula is C49H34N6. The van der Waals surface area contributed by atoms with Crippen LogP contribution >= 0.6 is 0 Å². The summed E-state index contributed by atoms with van der Waals surface area (Å²) in [7, 11) is 0. The highest BCUT2D eigenvalue weighted by atomic mass is 15.0. The molecule has 6 heterocycles. The van der Waals surface area contributed by atoms with Crippen molar-refractivity contribution in [2.45, 2.75) is 0 Å². The molecule has 0 saturated heterocycles. The lowest BCUT2D eigenvalue weighted by molar-refractivity contribution is 1.28. The number of rotatable bonds is 6. The number of fused-ring (bicyclic) bond motifs is 8. The molecule has 6 nitrogen and oxygen atoms in total. The quantitative estimate of drug-likeness (QED) is 0.161. The summed E-state index contributed by atoms with van der Waals surface area (Å²) in [4.78, 5) is 23.3. The Morgan fingerprint density at radius 3 is 1.25 bits per heavy atom. The van der Waals surface area contributed by atoms with Gasteiger partial charge >= 0.3 is 0 Å². The molecule has 10 rings (SSSR count). The molecule has 0 saturated carbocycles. The lowest BCUT2D eigenvalue weighted by Gasteiger charge is -2.11. The summed E-state index contributed by atoms with van der Waals surface area (Å²) < 4.78 is 0. The maximum Gasteiger partial charge on any atom is 0.130 e. The van der Waals surface area contributed by atoms with E-state index in [-0.39, 0.29) is 0 Å². The highest BCUT2D eigenvalue weighted by molar-refractivity contribution is 6.03. The molecule has 4 aromatic carbocycles. The van der Waals surface area contributed by atoms with Gasteiger partial charge in [0.25, 0.3) is 0 Å². The number of aromatic nitrogens is 5. The molecular weight excluding hydrogens is 673 g/mol. The molecule has 2 aliphatic rings. The number of nitrogens with zero attached hydrogens (tertiary/aromatic N) is 3. The van der Waals surface area contributed by atoms with Crippen LogP contribution in [-0.2, 0) is 0 Å². The van der Waals surface area contributed by atoms with Crippen LogP contribution in [0.15, 0.2) is 170 Å². The van der Waals surface area contributed by atoms with Gasteiger partial charge in [0.05, 0.1) is 28.5 Å². The molecule has 6 heteroatoms. The van der Waals surface area contributed by atoms with E-state index in [1.165, 1.54) is 0 Å². The van der Waals surface area contributed by atoms with E-state index in [1.807, 2.05) is 42.5 Å². The summed E-state index contributed by atoms with van der Waals surface area (Å²) in [5, 5.41) is 3.64. The van der Waals surface area contributed by atoms with Gasteiger partial charge in [-0.3, -0.25) is 0 Å². The van der Waals surface area contributed by atoms with Crippen molar-refractivity contribution in [3.8, 4) is 44.5 Å². The van der Waals surface area contributed by atoms with Gasteiger partial charge in [0.2, 0.25) is 0 Å². The van der Waals surface area contributed by atoms with Crippen molar-refractivity contribution in [3.63, 3.8) is 0 Å². The first-order valence-corrected chi connectivity index (χ1v) is 18.4. The first-order valence-electron chi connectivity index (χ1n) is 18.4. The molecule has 0 radical (unpaired) electrons. The van der Waals surface area contributed by atoms with Crippen molar-refractivity contribution >= 4 is 51.8 Å². The number of nitrogens with one attached hydrogen (secondary N) is 3.